The molecule has 0 amide bonds. The van der Waals surface area contributed by atoms with Crippen LogP contribution in [-0.4, -0.2) is 25.4 Å². The zero-order valence-electron chi connectivity index (χ0n) is 12.8. The minimum absolute atomic E-state index is 0.226. The van der Waals surface area contributed by atoms with Gasteiger partial charge in [-0.15, -0.1) is 11.8 Å². The van der Waals surface area contributed by atoms with Gasteiger partial charge < -0.3 is 10.1 Å². The molecule has 0 heterocycles. The fourth-order valence-electron chi connectivity index (χ4n) is 1.75. The summed E-state index contributed by atoms with van der Waals surface area (Å²) in [5, 5.41) is 12.6. The van der Waals surface area contributed by atoms with E-state index >= 15 is 0 Å². The lowest BCUT2D eigenvalue weighted by Crippen LogP contribution is -2.18. The molecule has 21 heavy (non-hydrogen) atoms. The number of hydrogen-bond donors (Lipinski definition) is 1. The Hall–Kier alpha value is -1.51. The van der Waals surface area contributed by atoms with Crippen molar-refractivity contribution >= 4 is 17.7 Å². The second-order valence-electron chi connectivity index (χ2n) is 5.14. The van der Waals surface area contributed by atoms with E-state index in [1.54, 1.807) is 0 Å². The highest BCUT2D eigenvalue weighted by atomic mass is 32.2. The van der Waals surface area contributed by atoms with Gasteiger partial charge in [0.2, 0.25) is 0 Å². The molecular weight excluding hydrogens is 284 g/mol. The van der Waals surface area contributed by atoms with Gasteiger partial charge in [0.25, 0.3) is 0 Å². The summed E-state index contributed by atoms with van der Waals surface area (Å²) in [5.74, 6) is 0.996. The van der Waals surface area contributed by atoms with E-state index in [0.717, 1.165) is 23.5 Å². The number of nitrogens with zero attached hydrogens (tertiary/aromatic N) is 1. The molecule has 0 aliphatic rings. The van der Waals surface area contributed by atoms with E-state index in [9.17, 15) is 10.1 Å². The lowest BCUT2D eigenvalue weighted by atomic mass is 10.1. The molecule has 1 aromatic rings. The van der Waals surface area contributed by atoms with Crippen LogP contribution < -0.4 is 5.32 Å². The molecule has 1 N–H and O–H groups in total. The molecule has 0 saturated carbocycles. The number of rotatable bonds is 8. The standard InChI is InChI=1S/C16H22N2O2S/c1-12(2)10-18-11-13-4-5-15(14(8-13)9-17)21-7-6-16(19)20-3/h4-5,8,12,18H,6-7,10-11H2,1-3H3. The van der Waals surface area contributed by atoms with Crippen molar-refractivity contribution in [2.75, 3.05) is 19.4 Å². The second-order valence-corrected chi connectivity index (χ2v) is 6.28. The summed E-state index contributed by atoms with van der Waals surface area (Å²) in [7, 11) is 1.38. The van der Waals surface area contributed by atoms with E-state index in [1.807, 2.05) is 18.2 Å². The highest BCUT2D eigenvalue weighted by Crippen LogP contribution is 2.24. The number of carbonyl (C=O) groups is 1. The Bertz CT molecular complexity index is 509. The average molecular weight is 306 g/mol. The van der Waals surface area contributed by atoms with Crippen LogP contribution in [-0.2, 0) is 16.1 Å². The first-order valence-corrected chi connectivity index (χ1v) is 7.98. The van der Waals surface area contributed by atoms with Crippen molar-refractivity contribution in [1.29, 1.82) is 5.26 Å². The van der Waals surface area contributed by atoms with Gasteiger partial charge in [-0.05, 0) is 30.2 Å². The van der Waals surface area contributed by atoms with Gasteiger partial charge in [-0.25, -0.2) is 0 Å². The summed E-state index contributed by atoms with van der Waals surface area (Å²) >= 11 is 1.51. The van der Waals surface area contributed by atoms with Crippen LogP contribution in [0, 0.1) is 17.2 Å². The number of benzene rings is 1. The molecule has 0 fully saturated rings. The van der Waals surface area contributed by atoms with E-state index in [4.69, 9.17) is 0 Å². The predicted molar refractivity (Wildman–Crippen MR) is 85.1 cm³/mol. The zero-order valence-corrected chi connectivity index (χ0v) is 13.6. The van der Waals surface area contributed by atoms with Gasteiger partial charge in [-0.2, -0.15) is 5.26 Å². The molecule has 114 valence electrons. The van der Waals surface area contributed by atoms with Crippen molar-refractivity contribution in [2.24, 2.45) is 5.92 Å². The average Bonchev–Trinajstić information content (AvgIpc) is 2.47. The minimum Gasteiger partial charge on any atom is -0.469 e. The Morgan fingerprint density at radius 1 is 1.48 bits per heavy atom. The third kappa shape index (κ3) is 6.65. The summed E-state index contributed by atoms with van der Waals surface area (Å²) in [6, 6.07) is 8.11. The number of esters is 1. The molecule has 0 saturated heterocycles. The first kappa shape index (κ1) is 17.5. The largest absolute Gasteiger partial charge is 0.469 e. The van der Waals surface area contributed by atoms with Gasteiger partial charge in [-0.1, -0.05) is 19.9 Å². The molecule has 0 atom stereocenters. The third-order valence-corrected chi connectivity index (χ3v) is 3.91. The van der Waals surface area contributed by atoms with Crippen LogP contribution in [0.15, 0.2) is 23.1 Å². The molecule has 0 radical (unpaired) electrons. The molecular formula is C16H22N2O2S. The van der Waals surface area contributed by atoms with Crippen LogP contribution in [0.4, 0.5) is 0 Å². The molecule has 0 aromatic heterocycles. The van der Waals surface area contributed by atoms with Crippen molar-refractivity contribution < 1.29 is 9.53 Å². The summed E-state index contributed by atoms with van der Waals surface area (Å²) in [6.07, 6.45) is 0.351. The van der Waals surface area contributed by atoms with E-state index in [1.165, 1.54) is 18.9 Å². The normalized spacial score (nSPS) is 10.4. The maximum absolute atomic E-state index is 11.1. The smallest absolute Gasteiger partial charge is 0.306 e. The van der Waals surface area contributed by atoms with E-state index in [2.05, 4.69) is 30.0 Å². The fraction of sp³-hybridized carbons (Fsp3) is 0.500. The quantitative estimate of drug-likeness (QED) is 0.591. The van der Waals surface area contributed by atoms with Gasteiger partial charge >= 0.3 is 5.97 Å². The van der Waals surface area contributed by atoms with Crippen LogP contribution in [0.1, 0.15) is 31.4 Å². The van der Waals surface area contributed by atoms with Crippen LogP contribution in [0.2, 0.25) is 0 Å². The summed E-state index contributed by atoms with van der Waals surface area (Å²) in [5.41, 5.74) is 1.76. The number of hydrogen-bond acceptors (Lipinski definition) is 5. The van der Waals surface area contributed by atoms with Crippen molar-refractivity contribution in [2.45, 2.75) is 31.7 Å². The minimum atomic E-state index is -0.226. The number of nitrogens with one attached hydrogen (secondary N) is 1. The van der Waals surface area contributed by atoms with Gasteiger partial charge in [0, 0.05) is 17.2 Å². The molecule has 0 bridgehead atoms. The summed E-state index contributed by atoms with van der Waals surface area (Å²) in [4.78, 5) is 12.0. The zero-order chi connectivity index (χ0) is 15.7. The Morgan fingerprint density at radius 3 is 2.86 bits per heavy atom. The lowest BCUT2D eigenvalue weighted by Gasteiger charge is -2.09. The topological polar surface area (TPSA) is 62.1 Å². The molecule has 1 rings (SSSR count). The molecule has 0 unspecified atom stereocenters. The van der Waals surface area contributed by atoms with Gasteiger partial charge in [-0.3, -0.25) is 4.79 Å². The van der Waals surface area contributed by atoms with Crippen LogP contribution in [0.5, 0.6) is 0 Å². The SMILES string of the molecule is COC(=O)CCSc1ccc(CNCC(C)C)cc1C#N. The maximum atomic E-state index is 11.1. The van der Waals surface area contributed by atoms with Gasteiger partial charge in [0.1, 0.15) is 6.07 Å². The fourth-order valence-corrected chi connectivity index (χ4v) is 2.66. The number of carbonyl (C=O) groups excluding carboxylic acids is 1. The molecule has 5 heteroatoms. The highest BCUT2D eigenvalue weighted by molar-refractivity contribution is 7.99. The van der Waals surface area contributed by atoms with Crippen molar-refractivity contribution in [3.8, 4) is 6.07 Å². The monoisotopic (exact) mass is 306 g/mol. The van der Waals surface area contributed by atoms with Crippen LogP contribution >= 0.6 is 11.8 Å². The molecule has 0 spiro atoms. The van der Waals surface area contributed by atoms with E-state index < -0.39 is 0 Å². The number of thioether (sulfide) groups is 1. The molecule has 1 aromatic carbocycles. The highest BCUT2D eigenvalue weighted by Gasteiger charge is 2.07. The van der Waals surface area contributed by atoms with Gasteiger partial charge in [0.05, 0.1) is 19.1 Å². The Morgan fingerprint density at radius 2 is 2.24 bits per heavy atom. The van der Waals surface area contributed by atoms with Crippen molar-refractivity contribution in [1.82, 2.24) is 5.32 Å². The van der Waals surface area contributed by atoms with Crippen molar-refractivity contribution in [3.05, 3.63) is 29.3 Å². The first-order chi connectivity index (χ1) is 10.1. The lowest BCUT2D eigenvalue weighted by molar-refractivity contribution is -0.140. The number of ether oxygens (including phenoxy) is 1. The van der Waals surface area contributed by atoms with Crippen molar-refractivity contribution in [3.63, 3.8) is 0 Å². The second kappa shape index (κ2) is 9.43. The van der Waals surface area contributed by atoms with Gasteiger partial charge in [0.15, 0.2) is 0 Å². The number of methoxy groups -OCH3 is 1. The molecule has 0 aliphatic heterocycles. The summed E-state index contributed by atoms with van der Waals surface area (Å²) < 4.78 is 4.60. The predicted octanol–water partition coefficient (Wildman–Crippen LogP) is 2.96. The maximum Gasteiger partial charge on any atom is 0.306 e. The summed E-state index contributed by atoms with van der Waals surface area (Å²) in [6.45, 7) is 6.04. The molecule has 4 nitrogen and oxygen atoms in total. The van der Waals surface area contributed by atoms with Crippen LogP contribution in [0.25, 0.3) is 0 Å². The Labute approximate surface area is 130 Å². The third-order valence-electron chi connectivity index (χ3n) is 2.84. The first-order valence-electron chi connectivity index (χ1n) is 7.00. The Kier molecular flexibility index (Phi) is 7.88. The van der Waals surface area contributed by atoms with E-state index in [0.29, 0.717) is 23.7 Å². The van der Waals surface area contributed by atoms with E-state index in [-0.39, 0.29) is 5.97 Å². The Balaban J connectivity index is 2.58. The number of nitriles is 1. The molecule has 0 aliphatic carbocycles. The van der Waals surface area contributed by atoms with Crippen LogP contribution in [0.3, 0.4) is 0 Å².